The summed E-state index contributed by atoms with van der Waals surface area (Å²) in [5, 5.41) is 3.40. The van der Waals surface area contributed by atoms with Gasteiger partial charge in [-0.15, -0.1) is 0 Å². The van der Waals surface area contributed by atoms with Crippen molar-refractivity contribution >= 4 is 17.3 Å². The zero-order valence-corrected chi connectivity index (χ0v) is 10.7. The van der Waals surface area contributed by atoms with Gasteiger partial charge in [-0.3, -0.25) is 4.79 Å². The lowest BCUT2D eigenvalue weighted by Crippen LogP contribution is -2.41. The van der Waals surface area contributed by atoms with Crippen molar-refractivity contribution in [3.63, 3.8) is 0 Å². The third-order valence-electron chi connectivity index (χ3n) is 3.64. The molecule has 0 radical (unpaired) electrons. The summed E-state index contributed by atoms with van der Waals surface area (Å²) in [7, 11) is 0. The van der Waals surface area contributed by atoms with Crippen LogP contribution in [0.2, 0.25) is 0 Å². The predicted molar refractivity (Wildman–Crippen MR) is 71.4 cm³/mol. The van der Waals surface area contributed by atoms with Gasteiger partial charge in [0, 0.05) is 12.2 Å². The van der Waals surface area contributed by atoms with Crippen molar-refractivity contribution in [1.82, 2.24) is 0 Å². The molecule has 1 aromatic carbocycles. The molecule has 2 atom stereocenters. The topological polar surface area (TPSA) is 90.4 Å². The maximum Gasteiger partial charge on any atom is 0.248 e. The average molecular weight is 249 g/mol. The van der Waals surface area contributed by atoms with Gasteiger partial charge < -0.3 is 21.5 Å². The standard InChI is InChI=1S/C13H19N3O2/c1-8-13(2,5-6-18-8)16-11-4-3-9(12(15)17)7-10(11)14/h3-4,7-8,16H,5-6,14H2,1-2H3,(H2,15,17). The first-order chi connectivity index (χ1) is 8.42. The van der Waals surface area contributed by atoms with E-state index in [9.17, 15) is 4.79 Å². The Morgan fingerprint density at radius 3 is 2.78 bits per heavy atom. The van der Waals surface area contributed by atoms with Crippen molar-refractivity contribution < 1.29 is 9.53 Å². The number of nitrogen functional groups attached to an aromatic ring is 1. The number of hydrogen-bond acceptors (Lipinski definition) is 4. The summed E-state index contributed by atoms with van der Waals surface area (Å²) >= 11 is 0. The molecule has 0 spiro atoms. The second-order valence-corrected chi connectivity index (χ2v) is 4.97. The largest absolute Gasteiger partial charge is 0.397 e. The number of primary amides is 1. The first kappa shape index (κ1) is 12.7. The van der Waals surface area contributed by atoms with Gasteiger partial charge in [-0.25, -0.2) is 0 Å². The Bertz CT molecular complexity index is 475. The summed E-state index contributed by atoms with van der Waals surface area (Å²) in [5.41, 5.74) is 12.7. The molecule has 5 heteroatoms. The molecule has 2 unspecified atom stereocenters. The number of hydrogen-bond donors (Lipinski definition) is 3. The zero-order valence-electron chi connectivity index (χ0n) is 10.7. The molecule has 1 aromatic rings. The maximum absolute atomic E-state index is 11.1. The van der Waals surface area contributed by atoms with Crippen LogP contribution in [0.25, 0.3) is 0 Å². The van der Waals surface area contributed by atoms with Crippen LogP contribution in [0.4, 0.5) is 11.4 Å². The number of carbonyl (C=O) groups is 1. The minimum atomic E-state index is -0.475. The second-order valence-electron chi connectivity index (χ2n) is 4.97. The summed E-state index contributed by atoms with van der Waals surface area (Å²) in [6.07, 6.45) is 1.04. The van der Waals surface area contributed by atoms with E-state index in [2.05, 4.69) is 12.2 Å². The number of rotatable bonds is 3. The van der Waals surface area contributed by atoms with Crippen LogP contribution in [0.3, 0.4) is 0 Å². The second kappa shape index (κ2) is 4.49. The number of nitrogens with two attached hydrogens (primary N) is 2. The van der Waals surface area contributed by atoms with Crippen LogP contribution >= 0.6 is 0 Å². The first-order valence-corrected chi connectivity index (χ1v) is 6.01. The number of nitrogens with one attached hydrogen (secondary N) is 1. The highest BCUT2D eigenvalue weighted by Crippen LogP contribution is 2.32. The molecule has 1 heterocycles. The van der Waals surface area contributed by atoms with Gasteiger partial charge in [-0.2, -0.15) is 0 Å². The van der Waals surface area contributed by atoms with Gasteiger partial charge in [-0.05, 0) is 38.5 Å². The van der Waals surface area contributed by atoms with Crippen molar-refractivity contribution in [1.29, 1.82) is 0 Å². The lowest BCUT2D eigenvalue weighted by Gasteiger charge is -2.30. The van der Waals surface area contributed by atoms with Crippen LogP contribution in [0.15, 0.2) is 18.2 Å². The van der Waals surface area contributed by atoms with E-state index < -0.39 is 5.91 Å². The van der Waals surface area contributed by atoms with E-state index in [-0.39, 0.29) is 11.6 Å². The minimum Gasteiger partial charge on any atom is -0.397 e. The van der Waals surface area contributed by atoms with E-state index in [1.54, 1.807) is 18.2 Å². The third kappa shape index (κ3) is 2.26. The van der Waals surface area contributed by atoms with Gasteiger partial charge in [0.2, 0.25) is 5.91 Å². The number of anilines is 2. The van der Waals surface area contributed by atoms with Crippen LogP contribution in [-0.4, -0.2) is 24.2 Å². The van der Waals surface area contributed by atoms with E-state index in [1.165, 1.54) is 0 Å². The average Bonchev–Trinajstić information content (AvgIpc) is 2.62. The zero-order chi connectivity index (χ0) is 13.3. The Labute approximate surface area is 106 Å². The summed E-state index contributed by atoms with van der Waals surface area (Å²) in [4.78, 5) is 11.1. The fourth-order valence-electron chi connectivity index (χ4n) is 2.14. The molecule has 98 valence electrons. The summed E-state index contributed by atoms with van der Waals surface area (Å²) < 4.78 is 5.57. The molecule has 18 heavy (non-hydrogen) atoms. The maximum atomic E-state index is 11.1. The fourth-order valence-corrected chi connectivity index (χ4v) is 2.14. The number of benzene rings is 1. The molecular weight excluding hydrogens is 230 g/mol. The Morgan fingerprint density at radius 1 is 1.56 bits per heavy atom. The summed E-state index contributed by atoms with van der Waals surface area (Å²) in [6, 6.07) is 5.05. The molecule has 0 saturated carbocycles. The smallest absolute Gasteiger partial charge is 0.248 e. The number of ether oxygens (including phenoxy) is 1. The summed E-state index contributed by atoms with van der Waals surface area (Å²) in [6.45, 7) is 4.88. The molecule has 1 saturated heterocycles. The van der Waals surface area contributed by atoms with Gasteiger partial charge in [0.05, 0.1) is 23.0 Å². The fraction of sp³-hybridized carbons (Fsp3) is 0.462. The number of amides is 1. The van der Waals surface area contributed by atoms with Crippen molar-refractivity contribution in [3.05, 3.63) is 23.8 Å². The third-order valence-corrected chi connectivity index (χ3v) is 3.64. The first-order valence-electron chi connectivity index (χ1n) is 6.01. The van der Waals surface area contributed by atoms with Crippen molar-refractivity contribution in [2.45, 2.75) is 31.9 Å². The van der Waals surface area contributed by atoms with E-state index >= 15 is 0 Å². The Hall–Kier alpha value is -1.75. The van der Waals surface area contributed by atoms with Crippen LogP contribution in [0, 0.1) is 0 Å². The van der Waals surface area contributed by atoms with Crippen molar-refractivity contribution in [2.75, 3.05) is 17.7 Å². The van der Waals surface area contributed by atoms with Crippen LogP contribution < -0.4 is 16.8 Å². The van der Waals surface area contributed by atoms with Gasteiger partial charge in [-0.1, -0.05) is 0 Å². The molecule has 1 fully saturated rings. The molecule has 1 amide bonds. The van der Waals surface area contributed by atoms with Gasteiger partial charge in [0.1, 0.15) is 0 Å². The molecule has 0 bridgehead atoms. The van der Waals surface area contributed by atoms with Gasteiger partial charge >= 0.3 is 0 Å². The molecule has 5 N–H and O–H groups in total. The minimum absolute atomic E-state index is 0.118. The molecule has 0 aliphatic carbocycles. The van der Waals surface area contributed by atoms with E-state index in [0.29, 0.717) is 11.3 Å². The molecular formula is C13H19N3O2. The molecule has 2 rings (SSSR count). The molecule has 5 nitrogen and oxygen atoms in total. The van der Waals surface area contributed by atoms with Crippen molar-refractivity contribution in [2.24, 2.45) is 5.73 Å². The normalized spacial score (nSPS) is 27.1. The lowest BCUT2D eigenvalue weighted by molar-refractivity contribution is 0.1000. The highest BCUT2D eigenvalue weighted by Gasteiger charge is 2.37. The molecule has 0 aromatic heterocycles. The van der Waals surface area contributed by atoms with Gasteiger partial charge in [0.25, 0.3) is 0 Å². The molecule has 1 aliphatic rings. The van der Waals surface area contributed by atoms with Gasteiger partial charge in [0.15, 0.2) is 0 Å². The summed E-state index contributed by atoms with van der Waals surface area (Å²) in [5.74, 6) is -0.475. The van der Waals surface area contributed by atoms with Crippen LogP contribution in [0.5, 0.6) is 0 Å². The lowest BCUT2D eigenvalue weighted by atomic mass is 9.94. The Kier molecular flexibility index (Phi) is 3.17. The Morgan fingerprint density at radius 2 is 2.28 bits per heavy atom. The quantitative estimate of drug-likeness (QED) is 0.705. The highest BCUT2D eigenvalue weighted by atomic mass is 16.5. The number of carbonyl (C=O) groups excluding carboxylic acids is 1. The van der Waals surface area contributed by atoms with E-state index in [4.69, 9.17) is 16.2 Å². The Balaban J connectivity index is 2.22. The van der Waals surface area contributed by atoms with E-state index in [0.717, 1.165) is 18.7 Å². The highest BCUT2D eigenvalue weighted by molar-refractivity contribution is 5.94. The monoisotopic (exact) mass is 249 g/mol. The van der Waals surface area contributed by atoms with Crippen LogP contribution in [0.1, 0.15) is 30.6 Å². The van der Waals surface area contributed by atoms with E-state index in [1.807, 2.05) is 6.92 Å². The van der Waals surface area contributed by atoms with Crippen molar-refractivity contribution in [3.8, 4) is 0 Å². The predicted octanol–water partition coefficient (Wildman–Crippen LogP) is 1.35. The molecule has 1 aliphatic heterocycles. The SMILES string of the molecule is CC1OCCC1(C)Nc1ccc(C(N)=O)cc1N. The van der Waals surface area contributed by atoms with Crippen LogP contribution in [-0.2, 0) is 4.74 Å².